The van der Waals surface area contributed by atoms with Gasteiger partial charge in [-0.3, -0.25) is 9.36 Å². The third-order valence-corrected chi connectivity index (χ3v) is 6.28. The molecule has 9 heteroatoms. The smallest absolute Gasteiger partial charge is 0.354 e. The summed E-state index contributed by atoms with van der Waals surface area (Å²) >= 11 is 0.900. The van der Waals surface area contributed by atoms with Crippen LogP contribution in [0.1, 0.15) is 0 Å². The minimum absolute atomic E-state index is 0.0519. The lowest BCUT2D eigenvalue weighted by atomic mass is 10.1. The Morgan fingerprint density at radius 3 is 2.45 bits per heavy atom. The Bertz CT molecular complexity index is 1610. The molecule has 3 aromatic heterocycles. The first-order valence-electron chi connectivity index (χ1n) is 9.86. The van der Waals surface area contributed by atoms with E-state index >= 15 is 0 Å². The van der Waals surface area contributed by atoms with Gasteiger partial charge in [-0.15, -0.1) is 0 Å². The summed E-state index contributed by atoms with van der Waals surface area (Å²) in [6.07, 6.45) is 3.24. The second kappa shape index (κ2) is 8.10. The van der Waals surface area contributed by atoms with Gasteiger partial charge in [0.05, 0.1) is 5.69 Å². The van der Waals surface area contributed by atoms with Crippen LogP contribution in [0.15, 0.2) is 97.1 Å². The highest BCUT2D eigenvalue weighted by Crippen LogP contribution is 2.36. The number of hydrogen-bond acceptors (Lipinski definition) is 6. The number of hydrogen-bond donors (Lipinski definition) is 1. The molecule has 5 aromatic rings. The van der Waals surface area contributed by atoms with Gasteiger partial charge in [0.1, 0.15) is 21.7 Å². The number of benzene rings is 2. The Kier molecular flexibility index (Phi) is 5.10. The van der Waals surface area contributed by atoms with E-state index in [9.17, 15) is 19.1 Å². The molecule has 0 radical (unpaired) electrons. The van der Waals surface area contributed by atoms with Gasteiger partial charge < -0.3 is 14.1 Å². The van der Waals surface area contributed by atoms with Crippen molar-refractivity contribution < 1.29 is 13.9 Å². The molecule has 2 aromatic carbocycles. The van der Waals surface area contributed by atoms with Gasteiger partial charge in [0.2, 0.25) is 0 Å². The van der Waals surface area contributed by atoms with Gasteiger partial charge in [0, 0.05) is 31.2 Å². The quantitative estimate of drug-likeness (QED) is 0.428. The van der Waals surface area contributed by atoms with Crippen molar-refractivity contribution >= 4 is 22.7 Å². The van der Waals surface area contributed by atoms with E-state index in [2.05, 4.69) is 4.98 Å². The molecule has 0 aliphatic carbocycles. The number of aryl methyl sites for hydroxylation is 1. The molecule has 3 heterocycles. The summed E-state index contributed by atoms with van der Waals surface area (Å²) < 4.78 is 22.1. The third kappa shape index (κ3) is 3.62. The molecule has 5 rings (SSSR count). The van der Waals surface area contributed by atoms with Crippen molar-refractivity contribution in [3.63, 3.8) is 0 Å². The van der Waals surface area contributed by atoms with Gasteiger partial charge in [-0.2, -0.15) is 0 Å². The first-order valence-corrected chi connectivity index (χ1v) is 10.7. The molecule has 0 fully saturated rings. The number of rotatable bonds is 4. The highest BCUT2D eigenvalue weighted by Gasteiger charge is 2.23. The van der Waals surface area contributed by atoms with Crippen LogP contribution in [0.4, 0.5) is 4.39 Å². The molecule has 0 bridgehead atoms. The molecule has 0 atom stereocenters. The molecule has 1 N–H and O–H groups in total. The van der Waals surface area contributed by atoms with Crippen LogP contribution in [0.25, 0.3) is 27.9 Å². The summed E-state index contributed by atoms with van der Waals surface area (Å²) in [5.74, 6) is -0.939. The van der Waals surface area contributed by atoms with Gasteiger partial charge in [-0.05, 0) is 41.6 Å². The zero-order valence-electron chi connectivity index (χ0n) is 17.2. The molecule has 0 unspecified atom stereocenters. The second-order valence-corrected chi connectivity index (χ2v) is 8.22. The van der Waals surface area contributed by atoms with Crippen LogP contribution in [0.5, 0.6) is 5.75 Å². The lowest BCUT2D eigenvalue weighted by Gasteiger charge is -2.15. The number of aromatic hydroxyl groups is 1. The largest absolute Gasteiger partial charge is 0.505 e. The number of fused-ring (bicyclic) bond motifs is 1. The predicted octanol–water partition coefficient (Wildman–Crippen LogP) is 4.34. The monoisotopic (exact) mass is 461 g/mol. The zero-order chi connectivity index (χ0) is 23.1. The van der Waals surface area contributed by atoms with Crippen LogP contribution in [-0.2, 0) is 7.05 Å². The average Bonchev–Trinajstić information content (AvgIpc) is 3.22. The minimum Gasteiger partial charge on any atom is -0.505 e. The van der Waals surface area contributed by atoms with E-state index in [-0.39, 0.29) is 15.9 Å². The van der Waals surface area contributed by atoms with Crippen LogP contribution in [-0.4, -0.2) is 19.2 Å². The topological polar surface area (TPSA) is 90.3 Å². The molecule has 0 aliphatic rings. The maximum absolute atomic E-state index is 13.7. The van der Waals surface area contributed by atoms with E-state index in [0.29, 0.717) is 22.1 Å². The van der Waals surface area contributed by atoms with Crippen molar-refractivity contribution in [3.05, 3.63) is 99.6 Å². The average molecular weight is 461 g/mol. The van der Waals surface area contributed by atoms with E-state index in [4.69, 9.17) is 4.42 Å². The van der Waals surface area contributed by atoms with Crippen LogP contribution in [0, 0.1) is 5.82 Å². The van der Waals surface area contributed by atoms with Gasteiger partial charge in [-0.1, -0.05) is 30.3 Å². The second-order valence-electron chi connectivity index (χ2n) is 7.24. The number of pyridine rings is 1. The number of imidazole rings is 1. The van der Waals surface area contributed by atoms with Gasteiger partial charge >= 0.3 is 5.63 Å². The van der Waals surface area contributed by atoms with Crippen LogP contribution in [0.3, 0.4) is 0 Å². The molecule has 0 saturated heterocycles. The number of halogens is 1. The van der Waals surface area contributed by atoms with Crippen molar-refractivity contribution in [2.75, 3.05) is 0 Å². The normalized spacial score (nSPS) is 11.2. The molecular weight excluding hydrogens is 445 g/mol. The lowest BCUT2D eigenvalue weighted by molar-refractivity contribution is 0.446. The number of nitrogens with zero attached hydrogens (tertiary/aromatic N) is 3. The first-order chi connectivity index (χ1) is 15.9. The van der Waals surface area contributed by atoms with Crippen molar-refractivity contribution in [2.24, 2.45) is 7.05 Å². The molecule has 0 aliphatic heterocycles. The fourth-order valence-electron chi connectivity index (χ4n) is 3.54. The van der Waals surface area contributed by atoms with Crippen LogP contribution in [0.2, 0.25) is 0 Å². The molecule has 7 nitrogen and oxygen atoms in total. The highest BCUT2D eigenvalue weighted by atomic mass is 32.2. The van der Waals surface area contributed by atoms with E-state index in [1.165, 1.54) is 34.9 Å². The van der Waals surface area contributed by atoms with E-state index in [1.807, 2.05) is 6.07 Å². The maximum Gasteiger partial charge on any atom is 0.354 e. The van der Waals surface area contributed by atoms with Gasteiger partial charge in [-0.25, -0.2) is 14.2 Å². The van der Waals surface area contributed by atoms with E-state index < -0.39 is 22.8 Å². The van der Waals surface area contributed by atoms with Gasteiger partial charge in [0.15, 0.2) is 10.9 Å². The summed E-state index contributed by atoms with van der Waals surface area (Å²) in [6.45, 7) is 0. The Morgan fingerprint density at radius 1 is 1.06 bits per heavy atom. The fraction of sp³-hybridized carbons (Fsp3) is 0.0417. The van der Waals surface area contributed by atoms with Crippen LogP contribution < -0.4 is 11.2 Å². The fourth-order valence-corrected chi connectivity index (χ4v) is 4.37. The standard InChI is InChI=1S/C24H16FN3O4S/c1-27-12-11-26-24(27)33-21-20(29)19-18(32-23(21)31)13-17(14-5-3-2-4-6-14)28(22(19)30)16-9-7-15(25)8-10-16/h2-13,29H,1H3. The highest BCUT2D eigenvalue weighted by molar-refractivity contribution is 7.99. The van der Waals surface area contributed by atoms with Crippen molar-refractivity contribution in [3.8, 4) is 22.7 Å². The first kappa shape index (κ1) is 20.8. The van der Waals surface area contributed by atoms with Crippen LogP contribution >= 0.6 is 11.8 Å². The SMILES string of the molecule is Cn1ccnc1Sc1c(O)c2c(=O)n(-c3ccc(F)cc3)c(-c3ccccc3)cc2oc1=O. The summed E-state index contributed by atoms with van der Waals surface area (Å²) in [7, 11) is 1.74. The van der Waals surface area contributed by atoms with Crippen molar-refractivity contribution in [1.29, 1.82) is 0 Å². The Hall–Kier alpha value is -4.11. The molecule has 0 saturated carbocycles. The summed E-state index contributed by atoms with van der Waals surface area (Å²) in [5.41, 5.74) is 0.0444. The number of aromatic nitrogens is 3. The van der Waals surface area contributed by atoms with Gasteiger partial charge in [0.25, 0.3) is 5.56 Å². The Balaban J connectivity index is 1.83. The van der Waals surface area contributed by atoms with E-state index in [0.717, 1.165) is 11.8 Å². The zero-order valence-corrected chi connectivity index (χ0v) is 18.0. The molecule has 0 amide bonds. The van der Waals surface area contributed by atoms with Crippen molar-refractivity contribution in [1.82, 2.24) is 14.1 Å². The Labute approximate surface area is 190 Å². The molecule has 0 spiro atoms. The van der Waals surface area contributed by atoms with E-state index in [1.54, 1.807) is 48.3 Å². The third-order valence-electron chi connectivity index (χ3n) is 5.14. The molecule has 164 valence electrons. The lowest BCUT2D eigenvalue weighted by Crippen LogP contribution is -2.21. The Morgan fingerprint density at radius 2 is 1.79 bits per heavy atom. The summed E-state index contributed by atoms with van der Waals surface area (Å²) in [5, 5.41) is 11.3. The predicted molar refractivity (Wildman–Crippen MR) is 122 cm³/mol. The minimum atomic E-state index is -0.786. The molecule has 33 heavy (non-hydrogen) atoms. The maximum atomic E-state index is 13.7. The summed E-state index contributed by atoms with van der Waals surface area (Å²) in [6, 6.07) is 16.0. The summed E-state index contributed by atoms with van der Waals surface area (Å²) in [4.78, 5) is 30.4. The van der Waals surface area contributed by atoms with Crippen molar-refractivity contribution in [2.45, 2.75) is 10.1 Å². The molecular formula is C24H16FN3O4S.